The second-order valence-corrected chi connectivity index (χ2v) is 7.26. The molecule has 8 heteroatoms. The monoisotopic (exact) mass is 416 g/mol. The number of nitrogens with zero attached hydrogens (tertiary/aromatic N) is 2. The maximum Gasteiger partial charge on any atom is 1.00 e. The fraction of sp³-hybridized carbons (Fsp3) is 0.318. The number of pyridine rings is 2. The van der Waals surface area contributed by atoms with Crippen LogP contribution in [0.2, 0.25) is 0 Å². The number of aliphatic hydroxyl groups is 2. The van der Waals surface area contributed by atoms with Gasteiger partial charge in [-0.15, -0.1) is 0 Å². The van der Waals surface area contributed by atoms with Crippen LogP contribution in [0.3, 0.4) is 0 Å². The molecule has 2 aromatic heterocycles. The van der Waals surface area contributed by atoms with E-state index in [1.165, 1.54) is 17.6 Å². The van der Waals surface area contributed by atoms with Crippen LogP contribution in [0, 0.1) is 0 Å². The number of aliphatic hydroxyl groups excluding tert-OH is 1. The number of aryl methyl sites for hydroxylation is 1. The molecule has 0 radical (unpaired) electrons. The first-order chi connectivity index (χ1) is 13.9. The standard InChI is InChI=1S/C22H22N2O5.Na/c1-3-12-13-7-5-6-8-17(13)23-19-14(12)10-24-18(19)9-16(15(11-25)20(24)26)22(29,4-2)21(27)28;/h5-9,25,29H,3-4,10-11H2,1-2H3,(H,27,28);/q;+1/p-1/t22-;/m0./s1. The van der Waals surface area contributed by atoms with Gasteiger partial charge in [0.2, 0.25) is 0 Å². The van der Waals surface area contributed by atoms with Crippen molar-refractivity contribution in [2.75, 3.05) is 0 Å². The van der Waals surface area contributed by atoms with Crippen molar-refractivity contribution in [2.45, 2.75) is 45.4 Å². The van der Waals surface area contributed by atoms with Crippen LogP contribution in [-0.4, -0.2) is 25.7 Å². The Morgan fingerprint density at radius 3 is 2.57 bits per heavy atom. The second kappa shape index (κ2) is 8.24. The van der Waals surface area contributed by atoms with Crippen molar-refractivity contribution in [1.29, 1.82) is 0 Å². The minimum atomic E-state index is -2.37. The largest absolute Gasteiger partial charge is 1.00 e. The zero-order chi connectivity index (χ0) is 20.9. The number of aromatic nitrogens is 2. The number of rotatable bonds is 5. The van der Waals surface area contributed by atoms with Crippen molar-refractivity contribution < 1.29 is 49.7 Å². The van der Waals surface area contributed by atoms with E-state index in [4.69, 9.17) is 4.98 Å². The first kappa shape index (κ1) is 22.7. The third-order valence-corrected chi connectivity index (χ3v) is 5.88. The molecule has 1 aromatic carbocycles. The van der Waals surface area contributed by atoms with E-state index in [-0.39, 0.29) is 53.6 Å². The van der Waals surface area contributed by atoms with Gasteiger partial charge in [-0.3, -0.25) is 4.79 Å². The average Bonchev–Trinajstić information content (AvgIpc) is 3.09. The molecule has 2 N–H and O–H groups in total. The van der Waals surface area contributed by atoms with Gasteiger partial charge < -0.3 is 24.7 Å². The van der Waals surface area contributed by atoms with Crippen molar-refractivity contribution in [3.8, 4) is 11.4 Å². The summed E-state index contributed by atoms with van der Waals surface area (Å²) < 4.78 is 1.48. The molecule has 0 fully saturated rings. The first-order valence-electron chi connectivity index (χ1n) is 9.60. The second-order valence-electron chi connectivity index (χ2n) is 7.26. The van der Waals surface area contributed by atoms with Gasteiger partial charge in [0.1, 0.15) is 5.60 Å². The van der Waals surface area contributed by atoms with E-state index in [9.17, 15) is 24.9 Å². The Morgan fingerprint density at radius 2 is 1.97 bits per heavy atom. The van der Waals surface area contributed by atoms with E-state index >= 15 is 0 Å². The van der Waals surface area contributed by atoms with E-state index in [1.807, 2.05) is 31.2 Å². The molecule has 0 saturated carbocycles. The topological polar surface area (TPSA) is 115 Å². The molecule has 0 unspecified atom stereocenters. The summed E-state index contributed by atoms with van der Waals surface area (Å²) >= 11 is 0. The van der Waals surface area contributed by atoms with Gasteiger partial charge in [0.25, 0.3) is 5.56 Å². The van der Waals surface area contributed by atoms with Crippen molar-refractivity contribution in [3.63, 3.8) is 0 Å². The molecule has 3 aromatic rings. The molecule has 30 heavy (non-hydrogen) atoms. The Kier molecular flexibility index (Phi) is 6.23. The normalized spacial score (nSPS) is 14.0. The number of carboxylic acid groups (broad SMARTS) is 1. The zero-order valence-electron chi connectivity index (χ0n) is 17.2. The molecule has 4 rings (SSSR count). The number of benzene rings is 1. The summed E-state index contributed by atoms with van der Waals surface area (Å²) in [6.45, 7) is 3.12. The fourth-order valence-corrected chi connectivity index (χ4v) is 4.27. The number of carboxylic acids is 1. The predicted octanol–water partition coefficient (Wildman–Crippen LogP) is -2.17. The molecule has 7 nitrogen and oxygen atoms in total. The summed E-state index contributed by atoms with van der Waals surface area (Å²) in [5.74, 6) is -1.71. The quantitative estimate of drug-likeness (QED) is 0.358. The van der Waals surface area contributed by atoms with Crippen molar-refractivity contribution in [3.05, 3.63) is 62.9 Å². The van der Waals surface area contributed by atoms with E-state index in [0.29, 0.717) is 11.4 Å². The van der Waals surface area contributed by atoms with Crippen LogP contribution >= 0.6 is 0 Å². The predicted molar refractivity (Wildman–Crippen MR) is 105 cm³/mol. The van der Waals surface area contributed by atoms with Gasteiger partial charge in [0.15, 0.2) is 0 Å². The Labute approximate surface area is 195 Å². The molecule has 0 saturated heterocycles. The zero-order valence-corrected chi connectivity index (χ0v) is 19.2. The Morgan fingerprint density at radius 1 is 1.27 bits per heavy atom. The van der Waals surface area contributed by atoms with Crippen LogP contribution in [0.25, 0.3) is 22.3 Å². The number of hydrogen-bond acceptors (Lipinski definition) is 6. The van der Waals surface area contributed by atoms with Crippen LogP contribution in [0.4, 0.5) is 0 Å². The number of para-hydroxylation sites is 1. The summed E-state index contributed by atoms with van der Waals surface area (Å²) in [5.41, 5.74) is 0.604. The van der Waals surface area contributed by atoms with Gasteiger partial charge in [0.05, 0.1) is 36.0 Å². The number of carbonyl (C=O) groups is 1. The van der Waals surface area contributed by atoms with Crippen molar-refractivity contribution in [1.82, 2.24) is 9.55 Å². The third-order valence-electron chi connectivity index (χ3n) is 5.88. The van der Waals surface area contributed by atoms with Crippen LogP contribution < -0.4 is 40.2 Å². The fourth-order valence-electron chi connectivity index (χ4n) is 4.27. The van der Waals surface area contributed by atoms with E-state index < -0.39 is 23.7 Å². The number of fused-ring (bicyclic) bond motifs is 4. The van der Waals surface area contributed by atoms with E-state index in [1.54, 1.807) is 0 Å². The van der Waals surface area contributed by atoms with Crippen molar-refractivity contribution >= 4 is 16.9 Å². The smallest absolute Gasteiger partial charge is 0.547 e. The van der Waals surface area contributed by atoms with Gasteiger partial charge in [-0.05, 0) is 30.5 Å². The Hall–Kier alpha value is -2.03. The first-order valence-corrected chi connectivity index (χ1v) is 9.60. The Balaban J connectivity index is 0.00000256. The van der Waals surface area contributed by atoms with Crippen LogP contribution in [0.5, 0.6) is 0 Å². The molecular formula is C22H21N2NaO5. The molecule has 0 amide bonds. The Bertz CT molecular complexity index is 1220. The van der Waals surface area contributed by atoms with Crippen LogP contribution in [0.1, 0.15) is 42.5 Å². The molecule has 1 aliphatic heterocycles. The number of aliphatic carboxylic acids is 1. The van der Waals surface area contributed by atoms with E-state index in [0.717, 1.165) is 28.5 Å². The SMILES string of the molecule is CCc1c2c(nc3ccccc13)-c1cc([C@@](O)(CC)C(=O)[O-])c(CO)c(=O)n1C2.[Na+]. The molecule has 150 valence electrons. The molecule has 0 spiro atoms. The van der Waals surface area contributed by atoms with E-state index in [2.05, 4.69) is 0 Å². The van der Waals surface area contributed by atoms with Crippen LogP contribution in [-0.2, 0) is 30.0 Å². The van der Waals surface area contributed by atoms with Gasteiger partial charge in [0, 0.05) is 22.1 Å². The molecular weight excluding hydrogens is 395 g/mol. The van der Waals surface area contributed by atoms with Crippen LogP contribution in [0.15, 0.2) is 35.1 Å². The maximum atomic E-state index is 13.1. The summed E-state index contributed by atoms with van der Waals surface area (Å²) in [5, 5.41) is 33.2. The third kappa shape index (κ3) is 3.13. The minimum absolute atomic E-state index is 0. The molecule has 1 aliphatic rings. The number of hydrogen-bond donors (Lipinski definition) is 2. The molecule has 3 heterocycles. The minimum Gasteiger partial charge on any atom is -0.547 e. The number of carbonyl (C=O) groups excluding carboxylic acids is 1. The maximum absolute atomic E-state index is 13.1. The van der Waals surface area contributed by atoms with Crippen molar-refractivity contribution in [2.24, 2.45) is 0 Å². The summed E-state index contributed by atoms with van der Waals surface area (Å²) in [6, 6.07) is 9.16. The molecule has 0 aliphatic carbocycles. The van der Waals surface area contributed by atoms with Gasteiger partial charge in [-0.1, -0.05) is 32.0 Å². The van der Waals surface area contributed by atoms with Gasteiger partial charge in [-0.25, -0.2) is 4.98 Å². The average molecular weight is 416 g/mol. The van der Waals surface area contributed by atoms with Gasteiger partial charge in [-0.2, -0.15) is 0 Å². The summed E-state index contributed by atoms with van der Waals surface area (Å²) in [6.07, 6.45) is 0.537. The summed E-state index contributed by atoms with van der Waals surface area (Å²) in [4.78, 5) is 29.5. The summed E-state index contributed by atoms with van der Waals surface area (Å²) in [7, 11) is 0. The molecule has 0 bridgehead atoms. The van der Waals surface area contributed by atoms with Gasteiger partial charge >= 0.3 is 29.6 Å². The molecule has 1 atom stereocenters.